The number of anilines is 1. The van der Waals surface area contributed by atoms with Crippen LogP contribution in [0.4, 0.5) is 14.9 Å². The summed E-state index contributed by atoms with van der Waals surface area (Å²) in [5, 5.41) is 14.3. The Balaban J connectivity index is 2.74. The zero-order chi connectivity index (χ0) is 12.3. The third kappa shape index (κ3) is 3.42. The molecule has 0 fully saturated rings. The summed E-state index contributed by atoms with van der Waals surface area (Å²) in [6.07, 6.45) is 0. The van der Waals surface area contributed by atoms with Crippen molar-refractivity contribution in [3.05, 3.63) is 24.0 Å². The maximum absolute atomic E-state index is 12.9. The molecule has 0 heterocycles. The average Bonchev–Trinajstić information content (AvgIpc) is 2.09. The second kappa shape index (κ2) is 4.38. The number of hydrogen-bond acceptors (Lipinski definition) is 2. The first-order valence-electron chi connectivity index (χ1n) is 4.86. The highest BCUT2D eigenvalue weighted by molar-refractivity contribution is 5.91. The van der Waals surface area contributed by atoms with Gasteiger partial charge in [0.15, 0.2) is 11.6 Å². The van der Waals surface area contributed by atoms with Crippen molar-refractivity contribution < 1.29 is 14.3 Å². The molecule has 1 rings (SSSR count). The Bertz CT molecular complexity index is 399. The molecule has 16 heavy (non-hydrogen) atoms. The fourth-order valence-corrected chi connectivity index (χ4v) is 1.11. The van der Waals surface area contributed by atoms with Crippen molar-refractivity contribution in [1.29, 1.82) is 0 Å². The van der Waals surface area contributed by atoms with Crippen LogP contribution in [0.1, 0.15) is 20.8 Å². The summed E-state index contributed by atoms with van der Waals surface area (Å²) in [6.45, 7) is 5.45. The minimum Gasteiger partial charge on any atom is -0.503 e. The van der Waals surface area contributed by atoms with E-state index in [2.05, 4.69) is 10.6 Å². The van der Waals surface area contributed by atoms with Crippen LogP contribution in [0.25, 0.3) is 0 Å². The molecule has 1 aromatic carbocycles. The fraction of sp³-hybridized carbons (Fsp3) is 0.364. The van der Waals surface area contributed by atoms with Gasteiger partial charge in [-0.2, -0.15) is 0 Å². The van der Waals surface area contributed by atoms with Crippen molar-refractivity contribution in [2.75, 3.05) is 5.32 Å². The van der Waals surface area contributed by atoms with E-state index >= 15 is 0 Å². The first kappa shape index (κ1) is 12.3. The smallest absolute Gasteiger partial charge is 0.319 e. The number of nitrogens with one attached hydrogen (secondary N) is 2. The van der Waals surface area contributed by atoms with Crippen LogP contribution >= 0.6 is 0 Å². The normalized spacial score (nSPS) is 11.0. The molecule has 3 N–H and O–H groups in total. The number of carbonyl (C=O) groups is 1. The summed E-state index contributed by atoms with van der Waals surface area (Å²) < 4.78 is 12.9. The van der Waals surface area contributed by atoms with Gasteiger partial charge in [-0.25, -0.2) is 9.18 Å². The molecular weight excluding hydrogens is 211 g/mol. The maximum Gasteiger partial charge on any atom is 0.319 e. The van der Waals surface area contributed by atoms with E-state index in [0.717, 1.165) is 6.07 Å². The highest BCUT2D eigenvalue weighted by Crippen LogP contribution is 2.25. The minimum atomic E-state index is -0.770. The molecule has 88 valence electrons. The topological polar surface area (TPSA) is 61.4 Å². The van der Waals surface area contributed by atoms with E-state index in [1.807, 2.05) is 20.8 Å². The van der Waals surface area contributed by atoms with Crippen molar-refractivity contribution >= 4 is 11.7 Å². The van der Waals surface area contributed by atoms with Gasteiger partial charge in [-0.05, 0) is 32.9 Å². The number of aromatic hydroxyl groups is 1. The molecule has 4 nitrogen and oxygen atoms in total. The molecule has 0 spiro atoms. The Morgan fingerprint density at radius 1 is 1.38 bits per heavy atom. The molecule has 0 atom stereocenters. The van der Waals surface area contributed by atoms with Crippen LogP contribution in [0, 0.1) is 5.82 Å². The van der Waals surface area contributed by atoms with E-state index in [0.29, 0.717) is 0 Å². The molecule has 0 aromatic heterocycles. The molecule has 1 aromatic rings. The number of carbonyl (C=O) groups excluding carboxylic acids is 1. The van der Waals surface area contributed by atoms with Crippen LogP contribution in [0.5, 0.6) is 5.75 Å². The number of benzene rings is 1. The molecule has 0 aliphatic carbocycles. The Hall–Kier alpha value is -1.78. The predicted molar refractivity (Wildman–Crippen MR) is 60.0 cm³/mol. The van der Waals surface area contributed by atoms with Crippen LogP contribution in [-0.4, -0.2) is 16.7 Å². The molecule has 5 heteroatoms. The molecule has 0 saturated carbocycles. The first-order chi connectivity index (χ1) is 7.29. The quantitative estimate of drug-likeness (QED) is 0.644. The van der Waals surface area contributed by atoms with Crippen molar-refractivity contribution in [1.82, 2.24) is 5.32 Å². The van der Waals surface area contributed by atoms with Gasteiger partial charge < -0.3 is 15.7 Å². The average molecular weight is 226 g/mol. The van der Waals surface area contributed by atoms with Gasteiger partial charge in [0.05, 0.1) is 5.69 Å². The zero-order valence-corrected chi connectivity index (χ0v) is 9.47. The van der Waals surface area contributed by atoms with Gasteiger partial charge in [-0.1, -0.05) is 6.07 Å². The lowest BCUT2D eigenvalue weighted by Crippen LogP contribution is -2.43. The van der Waals surface area contributed by atoms with Crippen LogP contribution in [-0.2, 0) is 0 Å². The van der Waals surface area contributed by atoms with E-state index < -0.39 is 23.1 Å². The highest BCUT2D eigenvalue weighted by Gasteiger charge is 2.15. The Morgan fingerprint density at radius 3 is 2.56 bits per heavy atom. The third-order valence-electron chi connectivity index (χ3n) is 1.72. The van der Waals surface area contributed by atoms with Crippen molar-refractivity contribution in [2.45, 2.75) is 26.3 Å². The van der Waals surface area contributed by atoms with Crippen LogP contribution in [0.3, 0.4) is 0 Å². The van der Waals surface area contributed by atoms with Crippen molar-refractivity contribution in [3.63, 3.8) is 0 Å². The van der Waals surface area contributed by atoms with Crippen molar-refractivity contribution in [3.8, 4) is 5.75 Å². The SMILES string of the molecule is CC(C)(C)NC(=O)Nc1cccc(F)c1O. The van der Waals surface area contributed by atoms with Crippen LogP contribution in [0.2, 0.25) is 0 Å². The molecular formula is C11H15FN2O2. The van der Waals surface area contributed by atoms with E-state index in [4.69, 9.17) is 0 Å². The standard InChI is InChI=1S/C11H15FN2O2/c1-11(2,3)14-10(16)13-8-6-4-5-7(12)9(8)15/h4-6,15H,1-3H3,(H2,13,14,16). The summed E-state index contributed by atoms with van der Waals surface area (Å²) in [5.41, 5.74) is -0.353. The number of halogens is 1. The van der Waals surface area contributed by atoms with E-state index in [9.17, 15) is 14.3 Å². The monoisotopic (exact) mass is 226 g/mol. The lowest BCUT2D eigenvalue weighted by Gasteiger charge is -2.20. The summed E-state index contributed by atoms with van der Waals surface area (Å²) in [5.74, 6) is -1.33. The molecule has 0 aliphatic heterocycles. The molecule has 0 aliphatic rings. The largest absolute Gasteiger partial charge is 0.503 e. The number of phenols is 1. The highest BCUT2D eigenvalue weighted by atomic mass is 19.1. The van der Waals surface area contributed by atoms with E-state index in [1.54, 1.807) is 0 Å². The van der Waals surface area contributed by atoms with Gasteiger partial charge in [0.25, 0.3) is 0 Å². The number of hydrogen-bond donors (Lipinski definition) is 3. The summed E-state index contributed by atoms with van der Waals surface area (Å²) in [7, 11) is 0. The lowest BCUT2D eigenvalue weighted by molar-refractivity contribution is 0.243. The van der Waals surface area contributed by atoms with Gasteiger partial charge in [-0.15, -0.1) is 0 Å². The lowest BCUT2D eigenvalue weighted by atomic mass is 10.1. The number of para-hydroxylation sites is 1. The van der Waals surface area contributed by atoms with Gasteiger partial charge in [-0.3, -0.25) is 0 Å². The van der Waals surface area contributed by atoms with E-state index in [1.165, 1.54) is 12.1 Å². The second-order valence-corrected chi connectivity index (χ2v) is 4.47. The fourth-order valence-electron chi connectivity index (χ4n) is 1.11. The molecule has 0 unspecified atom stereocenters. The van der Waals surface area contributed by atoms with E-state index in [-0.39, 0.29) is 5.69 Å². The van der Waals surface area contributed by atoms with Gasteiger partial charge in [0.2, 0.25) is 0 Å². The molecule has 0 radical (unpaired) electrons. The molecule has 0 saturated heterocycles. The maximum atomic E-state index is 12.9. The number of rotatable bonds is 1. The number of phenolic OH excluding ortho intramolecular Hbond substituents is 1. The van der Waals surface area contributed by atoms with Crippen LogP contribution in [0.15, 0.2) is 18.2 Å². The Morgan fingerprint density at radius 2 is 2.00 bits per heavy atom. The first-order valence-corrected chi connectivity index (χ1v) is 4.86. The third-order valence-corrected chi connectivity index (χ3v) is 1.72. The number of urea groups is 1. The summed E-state index contributed by atoms with van der Waals surface area (Å²) in [4.78, 5) is 11.4. The summed E-state index contributed by atoms with van der Waals surface area (Å²) in [6, 6.07) is 3.44. The molecule has 2 amide bonds. The Labute approximate surface area is 93.5 Å². The van der Waals surface area contributed by atoms with Crippen molar-refractivity contribution in [2.24, 2.45) is 0 Å². The summed E-state index contributed by atoms with van der Waals surface area (Å²) >= 11 is 0. The second-order valence-electron chi connectivity index (χ2n) is 4.47. The van der Waals surface area contributed by atoms with Crippen LogP contribution < -0.4 is 10.6 Å². The molecule has 0 bridgehead atoms. The zero-order valence-electron chi connectivity index (χ0n) is 9.47. The van der Waals surface area contributed by atoms with Gasteiger partial charge >= 0.3 is 6.03 Å². The number of amides is 2. The minimum absolute atomic E-state index is 0.0433. The predicted octanol–water partition coefficient (Wildman–Crippen LogP) is 2.45. The Kier molecular flexibility index (Phi) is 3.37. The van der Waals surface area contributed by atoms with Gasteiger partial charge in [0, 0.05) is 5.54 Å². The van der Waals surface area contributed by atoms with Gasteiger partial charge in [0.1, 0.15) is 0 Å².